The van der Waals surface area contributed by atoms with E-state index in [0.29, 0.717) is 0 Å². The molecule has 0 aromatic rings. The highest BCUT2D eigenvalue weighted by Gasteiger charge is 2.32. The Morgan fingerprint density at radius 3 is 2.15 bits per heavy atom. The Bertz CT molecular complexity index is 244. The SMILES string of the molecule is CCC(C)S(=O)(=O)OCC(F)(F)F. The molecular formula is C6H11F3O3S. The molecule has 0 aromatic heterocycles. The first-order chi connectivity index (χ1) is 5.69. The number of hydrogen-bond donors (Lipinski definition) is 0. The zero-order valence-corrected chi connectivity index (χ0v) is 8.07. The van der Waals surface area contributed by atoms with Crippen molar-refractivity contribution in [2.45, 2.75) is 31.7 Å². The van der Waals surface area contributed by atoms with Crippen LogP contribution < -0.4 is 0 Å². The molecule has 3 nitrogen and oxygen atoms in total. The van der Waals surface area contributed by atoms with Gasteiger partial charge in [0.1, 0.15) is 0 Å². The third-order valence-corrected chi connectivity index (χ3v) is 3.22. The van der Waals surface area contributed by atoms with Crippen LogP contribution in [0.25, 0.3) is 0 Å². The van der Waals surface area contributed by atoms with E-state index in [1.54, 1.807) is 6.92 Å². The van der Waals surface area contributed by atoms with Crippen LogP contribution in [0.3, 0.4) is 0 Å². The molecule has 0 saturated heterocycles. The quantitative estimate of drug-likeness (QED) is 0.677. The van der Waals surface area contributed by atoms with Crippen molar-refractivity contribution in [2.75, 3.05) is 6.61 Å². The summed E-state index contributed by atoms with van der Waals surface area (Å²) in [5, 5.41) is -0.908. The predicted molar refractivity (Wildman–Crippen MR) is 40.7 cm³/mol. The zero-order chi connectivity index (χ0) is 10.7. The summed E-state index contributed by atoms with van der Waals surface area (Å²) in [6.07, 6.45) is -4.39. The van der Waals surface area contributed by atoms with Crippen LogP contribution in [0.4, 0.5) is 13.2 Å². The summed E-state index contributed by atoms with van der Waals surface area (Å²) in [5.41, 5.74) is 0. The first-order valence-electron chi connectivity index (χ1n) is 3.64. The number of alkyl halides is 3. The average molecular weight is 220 g/mol. The van der Waals surface area contributed by atoms with E-state index in [0.717, 1.165) is 0 Å². The summed E-state index contributed by atoms with van der Waals surface area (Å²) >= 11 is 0. The first-order valence-corrected chi connectivity index (χ1v) is 5.11. The Balaban J connectivity index is 4.21. The molecule has 80 valence electrons. The van der Waals surface area contributed by atoms with E-state index in [1.165, 1.54) is 6.92 Å². The predicted octanol–water partition coefficient (Wildman–Crippen LogP) is 1.69. The van der Waals surface area contributed by atoms with E-state index >= 15 is 0 Å². The molecule has 7 heteroatoms. The van der Waals surface area contributed by atoms with Crippen molar-refractivity contribution >= 4 is 10.1 Å². The summed E-state index contributed by atoms with van der Waals surface area (Å²) in [5.74, 6) is 0. The van der Waals surface area contributed by atoms with Gasteiger partial charge in [-0.25, -0.2) is 0 Å². The Hall–Kier alpha value is -0.300. The Morgan fingerprint density at radius 2 is 1.85 bits per heavy atom. The Kier molecular flexibility index (Phi) is 4.18. The van der Waals surface area contributed by atoms with Crippen LogP contribution in [0.5, 0.6) is 0 Å². The molecule has 0 aliphatic carbocycles. The second-order valence-corrected chi connectivity index (χ2v) is 4.62. The molecule has 0 spiro atoms. The van der Waals surface area contributed by atoms with E-state index in [9.17, 15) is 21.6 Å². The summed E-state index contributed by atoms with van der Waals surface area (Å²) in [7, 11) is -4.06. The topological polar surface area (TPSA) is 43.4 Å². The fourth-order valence-electron chi connectivity index (χ4n) is 0.469. The molecule has 0 bridgehead atoms. The normalized spacial score (nSPS) is 15.8. The highest BCUT2D eigenvalue weighted by molar-refractivity contribution is 7.87. The maximum atomic E-state index is 11.6. The molecule has 0 heterocycles. The molecule has 0 N–H and O–H groups in total. The molecule has 0 rings (SSSR count). The van der Waals surface area contributed by atoms with Crippen LogP contribution in [0.2, 0.25) is 0 Å². The van der Waals surface area contributed by atoms with Crippen molar-refractivity contribution in [3.63, 3.8) is 0 Å². The highest BCUT2D eigenvalue weighted by atomic mass is 32.2. The average Bonchev–Trinajstić information content (AvgIpc) is 1.98. The Labute approximate surface area is 75.0 Å². The maximum Gasteiger partial charge on any atom is 0.413 e. The molecule has 0 saturated carbocycles. The highest BCUT2D eigenvalue weighted by Crippen LogP contribution is 2.17. The molecule has 0 fully saturated rings. The molecule has 0 amide bonds. The van der Waals surface area contributed by atoms with E-state index in [1.807, 2.05) is 0 Å². The van der Waals surface area contributed by atoms with E-state index in [-0.39, 0.29) is 6.42 Å². The van der Waals surface area contributed by atoms with E-state index in [4.69, 9.17) is 0 Å². The lowest BCUT2D eigenvalue weighted by molar-refractivity contribution is -0.152. The molecule has 1 unspecified atom stereocenters. The maximum absolute atomic E-state index is 11.6. The van der Waals surface area contributed by atoms with Crippen LogP contribution in [0.15, 0.2) is 0 Å². The van der Waals surface area contributed by atoms with Gasteiger partial charge in [0.15, 0.2) is 6.61 Å². The van der Waals surface area contributed by atoms with E-state index < -0.39 is 28.2 Å². The van der Waals surface area contributed by atoms with Crippen molar-refractivity contribution in [1.29, 1.82) is 0 Å². The summed E-state index contributed by atoms with van der Waals surface area (Å²) in [6.45, 7) is 1.10. The van der Waals surface area contributed by atoms with Gasteiger partial charge in [-0.1, -0.05) is 6.92 Å². The zero-order valence-electron chi connectivity index (χ0n) is 7.26. The van der Waals surface area contributed by atoms with Crippen molar-refractivity contribution in [1.82, 2.24) is 0 Å². The van der Waals surface area contributed by atoms with Crippen LogP contribution >= 0.6 is 0 Å². The van der Waals surface area contributed by atoms with Gasteiger partial charge in [0, 0.05) is 0 Å². The minimum absolute atomic E-state index is 0.222. The van der Waals surface area contributed by atoms with Crippen LogP contribution in [0.1, 0.15) is 20.3 Å². The fourth-order valence-corrected chi connectivity index (χ4v) is 1.41. The second kappa shape index (κ2) is 4.28. The summed E-state index contributed by atoms with van der Waals surface area (Å²) in [6, 6.07) is 0. The monoisotopic (exact) mass is 220 g/mol. The van der Waals surface area contributed by atoms with Crippen molar-refractivity contribution in [3.8, 4) is 0 Å². The molecular weight excluding hydrogens is 209 g/mol. The minimum Gasteiger partial charge on any atom is -0.260 e. The number of halogens is 3. The summed E-state index contributed by atoms with van der Waals surface area (Å²) < 4.78 is 60.3. The Morgan fingerprint density at radius 1 is 1.38 bits per heavy atom. The van der Waals surface area contributed by atoms with Gasteiger partial charge in [0.25, 0.3) is 10.1 Å². The first kappa shape index (κ1) is 12.7. The van der Waals surface area contributed by atoms with Gasteiger partial charge >= 0.3 is 6.18 Å². The van der Waals surface area contributed by atoms with Gasteiger partial charge in [-0.15, -0.1) is 0 Å². The van der Waals surface area contributed by atoms with Gasteiger partial charge in [-0.2, -0.15) is 21.6 Å². The van der Waals surface area contributed by atoms with Gasteiger partial charge in [0.05, 0.1) is 5.25 Å². The molecule has 0 radical (unpaired) electrons. The second-order valence-electron chi connectivity index (χ2n) is 2.59. The lowest BCUT2D eigenvalue weighted by Gasteiger charge is -2.11. The fraction of sp³-hybridized carbons (Fsp3) is 1.00. The van der Waals surface area contributed by atoms with Gasteiger partial charge in [-0.3, -0.25) is 4.18 Å². The van der Waals surface area contributed by atoms with Crippen molar-refractivity contribution < 1.29 is 25.8 Å². The number of rotatable bonds is 4. The minimum atomic E-state index is -4.61. The van der Waals surface area contributed by atoms with E-state index in [2.05, 4.69) is 4.18 Å². The van der Waals surface area contributed by atoms with Gasteiger partial charge in [-0.05, 0) is 13.3 Å². The van der Waals surface area contributed by atoms with Gasteiger partial charge < -0.3 is 0 Å². The molecule has 0 aliphatic heterocycles. The van der Waals surface area contributed by atoms with Gasteiger partial charge in [0.2, 0.25) is 0 Å². The lowest BCUT2D eigenvalue weighted by atomic mass is 10.4. The van der Waals surface area contributed by atoms with Crippen molar-refractivity contribution in [3.05, 3.63) is 0 Å². The summed E-state index contributed by atoms with van der Waals surface area (Å²) in [4.78, 5) is 0. The van der Waals surface area contributed by atoms with Crippen LogP contribution in [-0.2, 0) is 14.3 Å². The van der Waals surface area contributed by atoms with Crippen LogP contribution in [-0.4, -0.2) is 26.5 Å². The molecule has 0 aromatic carbocycles. The van der Waals surface area contributed by atoms with Crippen LogP contribution in [0, 0.1) is 0 Å². The largest absolute Gasteiger partial charge is 0.413 e. The smallest absolute Gasteiger partial charge is 0.260 e. The molecule has 1 atom stereocenters. The number of hydrogen-bond acceptors (Lipinski definition) is 3. The van der Waals surface area contributed by atoms with Crippen molar-refractivity contribution in [2.24, 2.45) is 0 Å². The third kappa shape index (κ3) is 5.09. The molecule has 0 aliphatic rings. The molecule has 13 heavy (non-hydrogen) atoms. The third-order valence-electron chi connectivity index (χ3n) is 1.45. The lowest BCUT2D eigenvalue weighted by Crippen LogP contribution is -2.26. The standard InChI is InChI=1S/C6H11F3O3S/c1-3-5(2)13(10,11)12-4-6(7,8)9/h5H,3-4H2,1-2H3.